The maximum atomic E-state index is 12.3. The van der Waals surface area contributed by atoms with Crippen molar-refractivity contribution < 1.29 is 18.3 Å². The number of hydrogen-bond donors (Lipinski definition) is 2. The largest absolute Gasteiger partial charge is 0.481 e. The normalized spacial score (nSPS) is 13.0. The maximum absolute atomic E-state index is 12.3. The summed E-state index contributed by atoms with van der Waals surface area (Å²) in [6.07, 6.45) is -0.300. The van der Waals surface area contributed by atoms with Gasteiger partial charge in [-0.15, -0.1) is 11.3 Å². The molecule has 2 aromatic rings. The molecule has 0 aliphatic carbocycles. The molecule has 0 radical (unpaired) electrons. The van der Waals surface area contributed by atoms with Crippen LogP contribution in [-0.2, 0) is 14.8 Å². The Labute approximate surface area is 127 Å². The Morgan fingerprint density at radius 2 is 1.95 bits per heavy atom. The summed E-state index contributed by atoms with van der Waals surface area (Å²) in [6.45, 7) is 1.86. The van der Waals surface area contributed by atoms with Crippen LogP contribution in [0.5, 0.6) is 0 Å². The first-order valence-corrected chi connectivity index (χ1v) is 8.59. The molecule has 0 fully saturated rings. The van der Waals surface area contributed by atoms with E-state index < -0.39 is 22.0 Å². The number of benzene rings is 1. The van der Waals surface area contributed by atoms with E-state index in [4.69, 9.17) is 5.11 Å². The van der Waals surface area contributed by atoms with Gasteiger partial charge in [-0.3, -0.25) is 4.79 Å². The van der Waals surface area contributed by atoms with Crippen LogP contribution in [0.25, 0.3) is 0 Å². The van der Waals surface area contributed by atoms with Crippen molar-refractivity contribution in [1.29, 1.82) is 0 Å². The second kappa shape index (κ2) is 6.38. The first-order valence-electron chi connectivity index (χ1n) is 6.22. The molecule has 7 heteroatoms. The molecule has 1 unspecified atom stereocenters. The summed E-state index contributed by atoms with van der Waals surface area (Å²) in [5, 5.41) is 10.7. The predicted octanol–water partition coefficient (Wildman–Crippen LogP) is 2.55. The summed E-state index contributed by atoms with van der Waals surface area (Å²) in [4.78, 5) is 11.7. The average molecular weight is 325 g/mol. The van der Waals surface area contributed by atoms with Gasteiger partial charge in [-0.25, -0.2) is 13.1 Å². The van der Waals surface area contributed by atoms with E-state index >= 15 is 0 Å². The molecular formula is C14H15NO4S2. The Morgan fingerprint density at radius 3 is 2.48 bits per heavy atom. The van der Waals surface area contributed by atoms with Crippen LogP contribution in [0.15, 0.2) is 46.7 Å². The number of rotatable bonds is 6. The number of carboxylic acids is 1. The lowest BCUT2D eigenvalue weighted by atomic mass is 10.2. The minimum atomic E-state index is -3.75. The highest BCUT2D eigenvalue weighted by Gasteiger charge is 2.24. The third kappa shape index (κ3) is 4.13. The van der Waals surface area contributed by atoms with Crippen molar-refractivity contribution in [2.75, 3.05) is 0 Å². The van der Waals surface area contributed by atoms with Gasteiger partial charge >= 0.3 is 5.97 Å². The molecule has 2 rings (SSSR count). The lowest BCUT2D eigenvalue weighted by Gasteiger charge is -2.15. The topological polar surface area (TPSA) is 83.5 Å². The lowest BCUT2D eigenvalue weighted by molar-refractivity contribution is -0.137. The van der Waals surface area contributed by atoms with Crippen LogP contribution in [-0.4, -0.2) is 19.5 Å². The zero-order valence-corrected chi connectivity index (χ0v) is 12.9. The molecule has 0 saturated carbocycles. The molecule has 5 nitrogen and oxygen atoms in total. The highest BCUT2D eigenvalue weighted by atomic mass is 32.2. The van der Waals surface area contributed by atoms with E-state index in [-0.39, 0.29) is 11.3 Å². The van der Waals surface area contributed by atoms with Crippen molar-refractivity contribution in [3.05, 3.63) is 52.2 Å². The van der Waals surface area contributed by atoms with Gasteiger partial charge < -0.3 is 5.11 Å². The molecule has 0 spiro atoms. The number of carboxylic acid groups (broad SMARTS) is 1. The van der Waals surface area contributed by atoms with Crippen LogP contribution < -0.4 is 4.72 Å². The van der Waals surface area contributed by atoms with Gasteiger partial charge in [0.25, 0.3) is 0 Å². The first-order chi connectivity index (χ1) is 9.88. The highest BCUT2D eigenvalue weighted by Crippen LogP contribution is 2.24. The molecule has 1 aromatic heterocycles. The second-order valence-corrected chi connectivity index (χ2v) is 7.29. The smallest absolute Gasteiger partial charge is 0.305 e. The SMILES string of the molecule is Cc1ccc(S(=O)(=O)NC(CC(=O)O)c2cccs2)cc1. The van der Waals surface area contributed by atoms with Gasteiger partial charge in [0, 0.05) is 4.88 Å². The summed E-state index contributed by atoms with van der Waals surface area (Å²) in [5.74, 6) is -1.06. The van der Waals surface area contributed by atoms with Crippen LogP contribution in [0.1, 0.15) is 22.9 Å². The van der Waals surface area contributed by atoms with Crippen molar-refractivity contribution in [3.8, 4) is 0 Å². The standard InChI is InChI=1S/C14H15NO4S2/c1-10-4-6-11(7-5-10)21(18,19)15-12(9-14(16)17)13-3-2-8-20-13/h2-8,12,15H,9H2,1H3,(H,16,17). The molecule has 1 heterocycles. The summed E-state index contributed by atoms with van der Waals surface area (Å²) >= 11 is 1.32. The van der Waals surface area contributed by atoms with E-state index in [1.807, 2.05) is 6.92 Å². The maximum Gasteiger partial charge on any atom is 0.305 e. The molecule has 21 heavy (non-hydrogen) atoms. The Morgan fingerprint density at radius 1 is 1.29 bits per heavy atom. The summed E-state index contributed by atoms with van der Waals surface area (Å²) < 4.78 is 27.1. The fourth-order valence-corrected chi connectivity index (χ4v) is 3.91. The number of hydrogen-bond acceptors (Lipinski definition) is 4. The molecule has 0 amide bonds. The predicted molar refractivity (Wildman–Crippen MR) is 80.8 cm³/mol. The Kier molecular flexibility index (Phi) is 4.76. The Bertz CT molecular complexity index is 706. The summed E-state index contributed by atoms with van der Waals surface area (Å²) in [6, 6.07) is 9.12. The van der Waals surface area contributed by atoms with Crippen LogP contribution in [0.2, 0.25) is 0 Å². The van der Waals surface area contributed by atoms with E-state index in [0.717, 1.165) is 5.56 Å². The molecule has 1 atom stereocenters. The van der Waals surface area contributed by atoms with Crippen LogP contribution in [0.3, 0.4) is 0 Å². The van der Waals surface area contributed by atoms with Crippen molar-refractivity contribution >= 4 is 27.3 Å². The molecular weight excluding hydrogens is 310 g/mol. The average Bonchev–Trinajstić information content (AvgIpc) is 2.91. The van der Waals surface area contributed by atoms with Crippen molar-refractivity contribution in [2.45, 2.75) is 24.3 Å². The molecule has 2 N–H and O–H groups in total. The zero-order valence-electron chi connectivity index (χ0n) is 11.3. The van der Waals surface area contributed by atoms with Crippen LogP contribution >= 0.6 is 11.3 Å². The van der Waals surface area contributed by atoms with Crippen LogP contribution in [0, 0.1) is 6.92 Å². The quantitative estimate of drug-likeness (QED) is 0.855. The number of nitrogens with one attached hydrogen (secondary N) is 1. The Balaban J connectivity index is 2.27. The second-order valence-electron chi connectivity index (χ2n) is 4.60. The number of aryl methyl sites for hydroxylation is 1. The van der Waals surface area contributed by atoms with Gasteiger partial charge in [-0.1, -0.05) is 23.8 Å². The molecule has 0 saturated heterocycles. The van der Waals surface area contributed by atoms with E-state index in [1.54, 1.807) is 29.6 Å². The fraction of sp³-hybridized carbons (Fsp3) is 0.214. The fourth-order valence-electron chi connectivity index (χ4n) is 1.84. The van der Waals surface area contributed by atoms with Gasteiger partial charge in [-0.05, 0) is 30.5 Å². The number of sulfonamides is 1. The lowest BCUT2D eigenvalue weighted by Crippen LogP contribution is -2.29. The van der Waals surface area contributed by atoms with E-state index in [9.17, 15) is 13.2 Å². The van der Waals surface area contributed by atoms with Crippen molar-refractivity contribution in [3.63, 3.8) is 0 Å². The third-order valence-electron chi connectivity index (χ3n) is 2.89. The van der Waals surface area contributed by atoms with Gasteiger partial charge in [0.05, 0.1) is 17.4 Å². The number of aliphatic carboxylic acids is 1. The summed E-state index contributed by atoms with van der Waals surface area (Å²) in [5.41, 5.74) is 0.953. The van der Waals surface area contributed by atoms with Crippen molar-refractivity contribution in [1.82, 2.24) is 4.72 Å². The van der Waals surface area contributed by atoms with Gasteiger partial charge in [-0.2, -0.15) is 0 Å². The molecule has 1 aromatic carbocycles. The van der Waals surface area contributed by atoms with E-state index in [2.05, 4.69) is 4.72 Å². The first kappa shape index (κ1) is 15.7. The molecule has 0 aliphatic heterocycles. The van der Waals surface area contributed by atoms with Gasteiger partial charge in [0.2, 0.25) is 10.0 Å². The van der Waals surface area contributed by atoms with Crippen molar-refractivity contribution in [2.24, 2.45) is 0 Å². The summed E-state index contributed by atoms with van der Waals surface area (Å²) in [7, 11) is -3.75. The zero-order chi connectivity index (χ0) is 15.5. The number of thiophene rings is 1. The molecule has 0 aliphatic rings. The minimum Gasteiger partial charge on any atom is -0.481 e. The monoisotopic (exact) mass is 325 g/mol. The van der Waals surface area contributed by atoms with E-state index in [0.29, 0.717) is 4.88 Å². The van der Waals surface area contributed by atoms with E-state index in [1.165, 1.54) is 23.5 Å². The minimum absolute atomic E-state index is 0.125. The molecule has 0 bridgehead atoms. The van der Waals surface area contributed by atoms with Crippen LogP contribution in [0.4, 0.5) is 0 Å². The number of carbonyl (C=O) groups is 1. The molecule has 112 valence electrons. The Hall–Kier alpha value is -1.70. The highest BCUT2D eigenvalue weighted by molar-refractivity contribution is 7.89. The van der Waals surface area contributed by atoms with Gasteiger partial charge in [0.1, 0.15) is 0 Å². The van der Waals surface area contributed by atoms with Gasteiger partial charge in [0.15, 0.2) is 0 Å². The third-order valence-corrected chi connectivity index (χ3v) is 5.37.